The number of hydrogen-bond donors (Lipinski definition) is 2. The van der Waals surface area contributed by atoms with Crippen LogP contribution >= 0.6 is 0 Å². The van der Waals surface area contributed by atoms with Crippen molar-refractivity contribution in [2.24, 2.45) is 0 Å². The number of hydrogen-bond acceptors (Lipinski definition) is 8. The molecule has 3 N–H and O–H groups in total. The first-order chi connectivity index (χ1) is 16.2. The Morgan fingerprint density at radius 2 is 2.06 bits per heavy atom. The van der Waals surface area contributed by atoms with Crippen molar-refractivity contribution in [3.63, 3.8) is 0 Å². The van der Waals surface area contributed by atoms with Crippen molar-refractivity contribution in [3.05, 3.63) is 55.2 Å². The summed E-state index contributed by atoms with van der Waals surface area (Å²) >= 11 is 0. The van der Waals surface area contributed by atoms with Crippen molar-refractivity contribution in [1.82, 2.24) is 39.7 Å². The Hall–Kier alpha value is -4.25. The molecule has 0 unspecified atom stereocenters. The lowest BCUT2D eigenvalue weighted by atomic mass is 10.1. The van der Waals surface area contributed by atoms with E-state index < -0.39 is 0 Å². The fourth-order valence-electron chi connectivity index (χ4n) is 4.21. The Labute approximate surface area is 188 Å². The third-order valence-electron chi connectivity index (χ3n) is 5.85. The molecule has 11 nitrogen and oxygen atoms in total. The van der Waals surface area contributed by atoms with E-state index in [1.807, 2.05) is 35.3 Å². The number of nitrogens with one attached hydrogen (secondary N) is 1. The van der Waals surface area contributed by atoms with E-state index in [9.17, 15) is 0 Å². The van der Waals surface area contributed by atoms with Gasteiger partial charge in [0, 0.05) is 42.3 Å². The molecule has 0 radical (unpaired) electrons. The zero-order chi connectivity index (χ0) is 22.4. The summed E-state index contributed by atoms with van der Waals surface area (Å²) < 4.78 is 9.15. The van der Waals surface area contributed by atoms with Crippen LogP contribution in [0.3, 0.4) is 0 Å². The van der Waals surface area contributed by atoms with Crippen molar-refractivity contribution >= 4 is 22.7 Å². The zero-order valence-corrected chi connectivity index (χ0v) is 18.0. The maximum atomic E-state index is 6.42. The van der Waals surface area contributed by atoms with Crippen LogP contribution in [0.25, 0.3) is 33.7 Å². The van der Waals surface area contributed by atoms with Crippen LogP contribution in [-0.4, -0.2) is 65.5 Å². The van der Waals surface area contributed by atoms with E-state index in [1.54, 1.807) is 23.3 Å². The summed E-state index contributed by atoms with van der Waals surface area (Å²) in [4.78, 5) is 11.3. The molecule has 0 spiro atoms. The van der Waals surface area contributed by atoms with E-state index in [0.717, 1.165) is 34.6 Å². The van der Waals surface area contributed by atoms with E-state index in [4.69, 9.17) is 15.5 Å². The molecule has 0 bridgehead atoms. The second kappa shape index (κ2) is 7.71. The Morgan fingerprint density at radius 1 is 1.18 bits per heavy atom. The molecule has 1 aliphatic heterocycles. The van der Waals surface area contributed by atoms with Gasteiger partial charge in [0.05, 0.1) is 42.7 Å². The topological polar surface area (TPSA) is 129 Å². The van der Waals surface area contributed by atoms with E-state index >= 15 is 0 Å². The van der Waals surface area contributed by atoms with Gasteiger partial charge in [-0.1, -0.05) is 0 Å². The van der Waals surface area contributed by atoms with Crippen LogP contribution < -0.4 is 10.6 Å². The van der Waals surface area contributed by atoms with Crippen LogP contribution in [-0.2, 0) is 4.74 Å². The molecule has 1 saturated heterocycles. The van der Waals surface area contributed by atoms with Crippen LogP contribution in [0.4, 0.5) is 11.6 Å². The predicted octanol–water partition coefficient (Wildman–Crippen LogP) is 2.20. The number of anilines is 2. The second-order valence-corrected chi connectivity index (χ2v) is 7.96. The van der Waals surface area contributed by atoms with Gasteiger partial charge in [0.15, 0.2) is 17.3 Å². The molecule has 6 rings (SSSR count). The summed E-state index contributed by atoms with van der Waals surface area (Å²) in [6, 6.07) is 7.90. The number of nitrogens with zero attached hydrogens (tertiary/aromatic N) is 8. The van der Waals surface area contributed by atoms with E-state index in [2.05, 4.69) is 43.3 Å². The maximum Gasteiger partial charge on any atom is 0.169 e. The smallest absolute Gasteiger partial charge is 0.169 e. The number of aromatic amines is 1. The fraction of sp³-hybridized carbons (Fsp3) is 0.227. The van der Waals surface area contributed by atoms with Crippen molar-refractivity contribution in [2.45, 2.75) is 13.0 Å². The third-order valence-corrected chi connectivity index (χ3v) is 5.85. The Balaban J connectivity index is 1.57. The first kappa shape index (κ1) is 19.4. The lowest BCUT2D eigenvalue weighted by Crippen LogP contribution is -2.44. The normalized spacial score (nSPS) is 16.5. The second-order valence-electron chi connectivity index (χ2n) is 7.96. The number of nitrogen functional groups attached to an aromatic ring is 1. The number of ether oxygens (including phenoxy) is 1. The molecule has 5 aromatic rings. The maximum absolute atomic E-state index is 6.42. The van der Waals surface area contributed by atoms with Gasteiger partial charge >= 0.3 is 0 Å². The average Bonchev–Trinajstić information content (AvgIpc) is 3.60. The SMILES string of the molecule is C[C@@H]1COCCN1c1cc(-c2cnn(-c3ccncc3)c2)c2c(N)nn(-c3ccn[nH]3)c2n1. The van der Waals surface area contributed by atoms with Crippen molar-refractivity contribution < 1.29 is 4.74 Å². The first-order valence-electron chi connectivity index (χ1n) is 10.7. The summed E-state index contributed by atoms with van der Waals surface area (Å²) in [5, 5.41) is 16.9. The summed E-state index contributed by atoms with van der Waals surface area (Å²) in [6.45, 7) is 4.19. The molecule has 0 aliphatic carbocycles. The monoisotopic (exact) mass is 442 g/mol. The van der Waals surface area contributed by atoms with E-state index in [0.29, 0.717) is 30.5 Å². The summed E-state index contributed by atoms with van der Waals surface area (Å²) in [6.07, 6.45) is 8.96. The number of aromatic nitrogens is 8. The largest absolute Gasteiger partial charge is 0.382 e. The highest BCUT2D eigenvalue weighted by molar-refractivity contribution is 6.01. The highest BCUT2D eigenvalue weighted by Gasteiger charge is 2.25. The van der Waals surface area contributed by atoms with Gasteiger partial charge < -0.3 is 15.4 Å². The number of morpholine rings is 1. The number of nitrogens with two attached hydrogens (primary N) is 1. The first-order valence-corrected chi connectivity index (χ1v) is 10.7. The molecule has 6 heterocycles. The summed E-state index contributed by atoms with van der Waals surface area (Å²) in [5.74, 6) is 1.92. The van der Waals surface area contributed by atoms with Gasteiger partial charge in [0.1, 0.15) is 5.82 Å². The third kappa shape index (κ3) is 3.29. The summed E-state index contributed by atoms with van der Waals surface area (Å²) in [5.41, 5.74) is 9.82. The van der Waals surface area contributed by atoms with Crippen LogP contribution in [0.2, 0.25) is 0 Å². The van der Waals surface area contributed by atoms with Gasteiger partial charge in [-0.25, -0.2) is 9.67 Å². The summed E-state index contributed by atoms with van der Waals surface area (Å²) in [7, 11) is 0. The van der Waals surface area contributed by atoms with Gasteiger partial charge in [-0.3, -0.25) is 10.1 Å². The lowest BCUT2D eigenvalue weighted by Gasteiger charge is -2.34. The van der Waals surface area contributed by atoms with Crippen molar-refractivity contribution in [1.29, 1.82) is 0 Å². The minimum atomic E-state index is 0.192. The molecule has 11 heteroatoms. The number of H-pyrrole nitrogens is 1. The average molecular weight is 442 g/mol. The number of pyridine rings is 2. The van der Waals surface area contributed by atoms with Crippen LogP contribution in [0.5, 0.6) is 0 Å². The Kier molecular flexibility index (Phi) is 4.54. The quantitative estimate of drug-likeness (QED) is 0.433. The minimum Gasteiger partial charge on any atom is -0.382 e. The molecule has 1 atom stereocenters. The lowest BCUT2D eigenvalue weighted by molar-refractivity contribution is 0.0986. The highest BCUT2D eigenvalue weighted by atomic mass is 16.5. The predicted molar refractivity (Wildman–Crippen MR) is 123 cm³/mol. The Bertz CT molecular complexity index is 1410. The molecule has 0 aromatic carbocycles. The van der Waals surface area contributed by atoms with Crippen LogP contribution in [0.15, 0.2) is 55.2 Å². The molecular weight excluding hydrogens is 420 g/mol. The van der Waals surface area contributed by atoms with E-state index in [1.165, 1.54) is 0 Å². The zero-order valence-electron chi connectivity index (χ0n) is 18.0. The van der Waals surface area contributed by atoms with Crippen molar-refractivity contribution in [2.75, 3.05) is 30.4 Å². The molecule has 0 saturated carbocycles. The molecule has 5 aromatic heterocycles. The van der Waals surface area contributed by atoms with E-state index in [-0.39, 0.29) is 6.04 Å². The standard InChI is InChI=1S/C22H22N10O/c1-14-13-33-9-8-30(14)19-10-17(15-11-26-31(12-15)16-2-5-24-6-3-16)20-21(23)29-32(22(20)27-19)18-4-7-25-28-18/h2-7,10-12,14H,8-9,13H2,1H3,(H2,23,29)(H,25,28)/t14-/m1/s1. The van der Waals surface area contributed by atoms with Crippen molar-refractivity contribution in [3.8, 4) is 22.6 Å². The van der Waals surface area contributed by atoms with Crippen LogP contribution in [0.1, 0.15) is 6.92 Å². The molecule has 0 amide bonds. The van der Waals surface area contributed by atoms with Gasteiger partial charge in [-0.2, -0.15) is 14.9 Å². The molecular formula is C22H22N10O. The molecule has 166 valence electrons. The highest BCUT2D eigenvalue weighted by Crippen LogP contribution is 2.36. The van der Waals surface area contributed by atoms with Gasteiger partial charge in [0.2, 0.25) is 0 Å². The number of fused-ring (bicyclic) bond motifs is 1. The van der Waals surface area contributed by atoms with Gasteiger partial charge in [-0.15, -0.1) is 5.10 Å². The fourth-order valence-corrected chi connectivity index (χ4v) is 4.21. The van der Waals surface area contributed by atoms with Crippen LogP contribution in [0, 0.1) is 0 Å². The van der Waals surface area contributed by atoms with Gasteiger partial charge in [0.25, 0.3) is 0 Å². The van der Waals surface area contributed by atoms with Gasteiger partial charge in [-0.05, 0) is 25.1 Å². The molecule has 1 fully saturated rings. The Morgan fingerprint density at radius 3 is 2.85 bits per heavy atom. The molecule has 1 aliphatic rings. The molecule has 33 heavy (non-hydrogen) atoms. The minimum absolute atomic E-state index is 0.192. The number of rotatable bonds is 4.